The molecule has 8 nitrogen and oxygen atoms in total. The molecule has 1 aliphatic rings. The van der Waals surface area contributed by atoms with Crippen LogP contribution in [0.15, 0.2) is 55.0 Å². The van der Waals surface area contributed by atoms with Crippen LogP contribution in [-0.2, 0) is 4.74 Å². The van der Waals surface area contributed by atoms with Gasteiger partial charge in [-0.1, -0.05) is 0 Å². The predicted molar refractivity (Wildman–Crippen MR) is 128 cm³/mol. The van der Waals surface area contributed by atoms with Crippen molar-refractivity contribution in [2.75, 3.05) is 23.7 Å². The maximum Gasteiger partial charge on any atom is 0.410 e. The summed E-state index contributed by atoms with van der Waals surface area (Å²) in [5.41, 5.74) is 2.25. The van der Waals surface area contributed by atoms with Crippen LogP contribution >= 0.6 is 0 Å². The Morgan fingerprint density at radius 1 is 1.03 bits per heavy atom. The SMILES string of the molecule is CC(C)(C)OC(=O)N1CCC(Nc2ccc(C(=O)Nc3ccncc3)c3ncccc23)CC1. The summed E-state index contributed by atoms with van der Waals surface area (Å²) in [6.07, 6.45) is 6.31. The fourth-order valence-electron chi connectivity index (χ4n) is 3.87. The quantitative estimate of drug-likeness (QED) is 0.602. The predicted octanol–water partition coefficient (Wildman–Crippen LogP) is 4.69. The van der Waals surface area contributed by atoms with Crippen molar-refractivity contribution in [2.45, 2.75) is 45.3 Å². The molecule has 0 radical (unpaired) electrons. The molecule has 172 valence electrons. The van der Waals surface area contributed by atoms with Crippen LogP contribution in [-0.4, -0.2) is 51.6 Å². The lowest BCUT2D eigenvalue weighted by Crippen LogP contribution is -2.44. The molecule has 0 saturated carbocycles. The molecular formula is C25H29N5O3. The van der Waals surface area contributed by atoms with E-state index in [9.17, 15) is 9.59 Å². The topological polar surface area (TPSA) is 96.5 Å². The number of ether oxygens (including phenoxy) is 1. The van der Waals surface area contributed by atoms with Crippen molar-refractivity contribution in [1.82, 2.24) is 14.9 Å². The average Bonchev–Trinajstić information content (AvgIpc) is 2.79. The number of amides is 2. The van der Waals surface area contributed by atoms with Crippen LogP contribution in [0.3, 0.4) is 0 Å². The Labute approximate surface area is 193 Å². The molecule has 1 aromatic carbocycles. The fourth-order valence-corrected chi connectivity index (χ4v) is 3.87. The number of fused-ring (bicyclic) bond motifs is 1. The second-order valence-corrected chi connectivity index (χ2v) is 9.14. The van der Waals surface area contributed by atoms with Crippen LogP contribution in [0.5, 0.6) is 0 Å². The summed E-state index contributed by atoms with van der Waals surface area (Å²) in [5.74, 6) is -0.220. The minimum atomic E-state index is -0.496. The number of rotatable bonds is 4. The van der Waals surface area contributed by atoms with Gasteiger partial charge in [-0.05, 0) is 70.0 Å². The summed E-state index contributed by atoms with van der Waals surface area (Å²) in [5, 5.41) is 7.37. The van der Waals surface area contributed by atoms with E-state index in [4.69, 9.17) is 4.74 Å². The molecule has 2 aromatic heterocycles. The molecule has 2 N–H and O–H groups in total. The number of carbonyl (C=O) groups excluding carboxylic acids is 2. The van der Waals surface area contributed by atoms with E-state index < -0.39 is 5.60 Å². The molecular weight excluding hydrogens is 418 g/mol. The zero-order chi connectivity index (χ0) is 23.4. The number of nitrogens with zero attached hydrogens (tertiary/aromatic N) is 3. The fraction of sp³-hybridized carbons (Fsp3) is 0.360. The number of benzene rings is 1. The highest BCUT2D eigenvalue weighted by atomic mass is 16.6. The molecule has 8 heteroatoms. The first kappa shape index (κ1) is 22.5. The van der Waals surface area contributed by atoms with Gasteiger partial charge in [-0.3, -0.25) is 14.8 Å². The number of aromatic nitrogens is 2. The van der Waals surface area contributed by atoms with Gasteiger partial charge in [0.1, 0.15) is 5.60 Å². The number of piperidine rings is 1. The number of nitrogens with one attached hydrogen (secondary N) is 2. The van der Waals surface area contributed by atoms with Gasteiger partial charge in [0.15, 0.2) is 0 Å². The molecule has 4 rings (SSSR count). The van der Waals surface area contributed by atoms with Crippen molar-refractivity contribution < 1.29 is 14.3 Å². The Morgan fingerprint density at radius 2 is 1.76 bits per heavy atom. The maximum atomic E-state index is 12.9. The maximum absolute atomic E-state index is 12.9. The van der Waals surface area contributed by atoms with E-state index in [1.165, 1.54) is 0 Å². The number of anilines is 2. The van der Waals surface area contributed by atoms with Gasteiger partial charge in [0.25, 0.3) is 5.91 Å². The first-order chi connectivity index (χ1) is 15.8. The number of pyridine rings is 2. The Hall–Kier alpha value is -3.68. The molecule has 33 heavy (non-hydrogen) atoms. The van der Waals surface area contributed by atoms with Crippen molar-refractivity contribution in [2.24, 2.45) is 0 Å². The van der Waals surface area contributed by atoms with Gasteiger partial charge in [-0.2, -0.15) is 0 Å². The minimum absolute atomic E-state index is 0.212. The lowest BCUT2D eigenvalue weighted by atomic mass is 10.0. The van der Waals surface area contributed by atoms with E-state index >= 15 is 0 Å². The third-order valence-corrected chi connectivity index (χ3v) is 5.46. The van der Waals surface area contributed by atoms with Crippen molar-refractivity contribution in [3.05, 3.63) is 60.6 Å². The third-order valence-electron chi connectivity index (χ3n) is 5.46. The van der Waals surface area contributed by atoms with E-state index in [0.717, 1.165) is 23.9 Å². The molecule has 1 aliphatic heterocycles. The van der Waals surface area contributed by atoms with Gasteiger partial charge in [-0.25, -0.2) is 4.79 Å². The van der Waals surface area contributed by atoms with E-state index in [2.05, 4.69) is 20.6 Å². The zero-order valence-electron chi connectivity index (χ0n) is 19.2. The number of hydrogen-bond acceptors (Lipinski definition) is 6. The zero-order valence-corrected chi connectivity index (χ0v) is 19.2. The van der Waals surface area contributed by atoms with Gasteiger partial charge >= 0.3 is 6.09 Å². The molecule has 1 fully saturated rings. The van der Waals surface area contributed by atoms with Crippen LogP contribution in [0.25, 0.3) is 10.9 Å². The van der Waals surface area contributed by atoms with Crippen molar-refractivity contribution in [3.8, 4) is 0 Å². The Bertz CT molecular complexity index is 1140. The van der Waals surface area contributed by atoms with Crippen molar-refractivity contribution in [3.63, 3.8) is 0 Å². The lowest BCUT2D eigenvalue weighted by Gasteiger charge is -2.34. The monoisotopic (exact) mass is 447 g/mol. The van der Waals surface area contributed by atoms with Gasteiger partial charge in [0, 0.05) is 54.5 Å². The Balaban J connectivity index is 1.46. The molecule has 3 aromatic rings. The van der Waals surface area contributed by atoms with Gasteiger partial charge in [-0.15, -0.1) is 0 Å². The molecule has 0 unspecified atom stereocenters. The molecule has 2 amide bonds. The number of hydrogen-bond donors (Lipinski definition) is 2. The Kier molecular flexibility index (Phi) is 6.44. The van der Waals surface area contributed by atoms with Gasteiger partial charge < -0.3 is 20.3 Å². The summed E-state index contributed by atoms with van der Waals surface area (Å²) < 4.78 is 5.48. The lowest BCUT2D eigenvalue weighted by molar-refractivity contribution is 0.0210. The second kappa shape index (κ2) is 9.44. The molecule has 0 atom stereocenters. The molecule has 0 spiro atoms. The summed E-state index contributed by atoms with van der Waals surface area (Å²) in [7, 11) is 0. The standard InChI is InChI=1S/C25H29N5O3/c1-25(2,3)33-24(32)30-15-10-18(11-16-30)28-21-7-6-20(22-19(21)5-4-12-27-22)23(31)29-17-8-13-26-14-9-17/h4-9,12-14,18,28H,10-11,15-16H2,1-3H3,(H,26,29,31). The van der Waals surface area contributed by atoms with E-state index in [1.807, 2.05) is 39.0 Å². The van der Waals surface area contributed by atoms with Gasteiger partial charge in [0.05, 0.1) is 11.1 Å². The van der Waals surface area contributed by atoms with Crippen molar-refractivity contribution >= 4 is 34.3 Å². The molecule has 1 saturated heterocycles. The largest absolute Gasteiger partial charge is 0.444 e. The third kappa shape index (κ3) is 5.58. The van der Waals surface area contributed by atoms with Crippen molar-refractivity contribution in [1.29, 1.82) is 0 Å². The first-order valence-corrected chi connectivity index (χ1v) is 11.1. The smallest absolute Gasteiger partial charge is 0.410 e. The summed E-state index contributed by atoms with van der Waals surface area (Å²) >= 11 is 0. The summed E-state index contributed by atoms with van der Waals surface area (Å²) in [6, 6.07) is 11.2. The number of carbonyl (C=O) groups is 2. The number of likely N-dealkylation sites (tertiary alicyclic amines) is 1. The highest BCUT2D eigenvalue weighted by Crippen LogP contribution is 2.28. The normalized spacial score (nSPS) is 14.7. The highest BCUT2D eigenvalue weighted by molar-refractivity contribution is 6.13. The van der Waals surface area contributed by atoms with E-state index in [-0.39, 0.29) is 18.0 Å². The van der Waals surface area contributed by atoms with E-state index in [0.29, 0.717) is 29.9 Å². The molecule has 3 heterocycles. The van der Waals surface area contributed by atoms with Gasteiger partial charge in [0.2, 0.25) is 0 Å². The average molecular weight is 448 g/mol. The molecule has 0 aliphatic carbocycles. The van der Waals surface area contributed by atoms with Crippen LogP contribution in [0.2, 0.25) is 0 Å². The van der Waals surface area contributed by atoms with Crippen LogP contribution in [0, 0.1) is 0 Å². The summed E-state index contributed by atoms with van der Waals surface area (Å²) in [4.78, 5) is 35.4. The first-order valence-electron chi connectivity index (χ1n) is 11.1. The minimum Gasteiger partial charge on any atom is -0.444 e. The van der Waals surface area contributed by atoms with E-state index in [1.54, 1.807) is 41.7 Å². The Morgan fingerprint density at radius 3 is 2.45 bits per heavy atom. The molecule has 0 bridgehead atoms. The van der Waals surface area contributed by atoms with Crippen LogP contribution in [0.1, 0.15) is 44.0 Å². The summed E-state index contributed by atoms with van der Waals surface area (Å²) in [6.45, 7) is 6.89. The second-order valence-electron chi connectivity index (χ2n) is 9.14. The van der Waals surface area contributed by atoms with Crippen LogP contribution in [0.4, 0.5) is 16.2 Å². The highest BCUT2D eigenvalue weighted by Gasteiger charge is 2.27. The van der Waals surface area contributed by atoms with Crippen LogP contribution < -0.4 is 10.6 Å².